The molecule has 0 bridgehead atoms. The van der Waals surface area contributed by atoms with E-state index < -0.39 is 5.79 Å². The molecule has 0 unspecified atom stereocenters. The van der Waals surface area contributed by atoms with Crippen LogP contribution in [0.1, 0.15) is 106 Å². The fourth-order valence-corrected chi connectivity index (χ4v) is 12.5. The molecule has 2 spiro atoms. The molecule has 7 fully saturated rings. The van der Waals surface area contributed by atoms with Crippen LogP contribution < -0.4 is 0 Å². The van der Waals surface area contributed by atoms with Gasteiger partial charge in [-0.2, -0.15) is 0 Å². The number of ether oxygens (including phenoxy) is 3. The van der Waals surface area contributed by atoms with E-state index >= 15 is 0 Å². The molecule has 0 radical (unpaired) electrons. The SMILES string of the molecule is CO[C@]1([C@@H]2OC2(C)C)C[C@@H](C)[C@@H]2[C@H](C[C@@]3(C)[C@@H]4CC[C@@H]5C(C)(C)C(=O)CC[C@@]56C[C@@]46CC[C@]23C)O1. The van der Waals surface area contributed by atoms with E-state index in [1.165, 1.54) is 32.1 Å². The van der Waals surface area contributed by atoms with E-state index in [1.807, 2.05) is 7.11 Å². The summed E-state index contributed by atoms with van der Waals surface area (Å²) < 4.78 is 19.4. The van der Waals surface area contributed by atoms with Gasteiger partial charge in [0.05, 0.1) is 11.7 Å². The number of hydrogen-bond acceptors (Lipinski definition) is 4. The van der Waals surface area contributed by atoms with Gasteiger partial charge in [0.25, 0.3) is 0 Å². The molecule has 196 valence electrons. The Kier molecular flexibility index (Phi) is 4.32. The number of epoxide rings is 1. The highest BCUT2D eigenvalue weighted by atomic mass is 16.7. The quantitative estimate of drug-likeness (QED) is 0.417. The molecule has 0 aromatic carbocycles. The highest BCUT2D eigenvalue weighted by Crippen LogP contribution is 2.89. The van der Waals surface area contributed by atoms with Crippen molar-refractivity contribution in [2.24, 2.45) is 50.7 Å². The fourth-order valence-electron chi connectivity index (χ4n) is 12.5. The highest BCUT2D eigenvalue weighted by Gasteiger charge is 2.83. The van der Waals surface area contributed by atoms with Gasteiger partial charge in [-0.1, -0.05) is 34.6 Å². The molecule has 5 saturated carbocycles. The average molecular weight is 485 g/mol. The first kappa shape index (κ1) is 23.7. The van der Waals surface area contributed by atoms with Crippen molar-refractivity contribution in [3.05, 3.63) is 0 Å². The van der Waals surface area contributed by atoms with Crippen molar-refractivity contribution < 1.29 is 19.0 Å². The first-order valence-electron chi connectivity index (χ1n) is 14.7. The minimum Gasteiger partial charge on any atom is -0.361 e. The number of methoxy groups -OCH3 is 1. The Hall–Kier alpha value is -0.450. The summed E-state index contributed by atoms with van der Waals surface area (Å²) in [5.74, 6) is 2.43. The number of fused-ring (bicyclic) bond motifs is 4. The molecule has 2 saturated heterocycles. The molecule has 7 rings (SSSR count). The van der Waals surface area contributed by atoms with E-state index in [0.29, 0.717) is 45.2 Å². The fraction of sp³-hybridized carbons (Fsp3) is 0.968. The van der Waals surface area contributed by atoms with E-state index in [4.69, 9.17) is 14.2 Å². The summed E-state index contributed by atoms with van der Waals surface area (Å²) in [4.78, 5) is 12.9. The zero-order valence-electron chi connectivity index (χ0n) is 23.5. The third-order valence-electron chi connectivity index (χ3n) is 14.2. The molecule has 35 heavy (non-hydrogen) atoms. The van der Waals surface area contributed by atoms with Crippen LogP contribution in [0.15, 0.2) is 0 Å². The Morgan fingerprint density at radius 1 is 0.857 bits per heavy atom. The summed E-state index contributed by atoms with van der Waals surface area (Å²) in [5, 5.41) is 0. The maximum atomic E-state index is 12.9. The Labute approximate surface area is 212 Å². The normalized spacial score (nSPS) is 61.1. The van der Waals surface area contributed by atoms with Crippen molar-refractivity contribution in [1.82, 2.24) is 0 Å². The van der Waals surface area contributed by atoms with Crippen molar-refractivity contribution in [2.75, 3.05) is 7.11 Å². The number of ketones is 1. The largest absolute Gasteiger partial charge is 0.361 e. The van der Waals surface area contributed by atoms with Crippen LogP contribution in [0.4, 0.5) is 0 Å². The summed E-state index contributed by atoms with van der Waals surface area (Å²) in [7, 11) is 1.83. The first-order valence-corrected chi connectivity index (χ1v) is 14.7. The second-order valence-corrected chi connectivity index (χ2v) is 15.8. The van der Waals surface area contributed by atoms with Crippen LogP contribution in [-0.2, 0) is 19.0 Å². The highest BCUT2D eigenvalue weighted by molar-refractivity contribution is 5.86. The molecule has 4 heteroatoms. The Morgan fingerprint density at radius 2 is 1.51 bits per heavy atom. The zero-order valence-corrected chi connectivity index (χ0v) is 23.5. The van der Waals surface area contributed by atoms with E-state index in [-0.39, 0.29) is 23.2 Å². The number of carbonyl (C=O) groups excluding carboxylic acids is 1. The second kappa shape index (κ2) is 6.40. The van der Waals surface area contributed by atoms with Crippen LogP contribution in [-0.4, -0.2) is 36.5 Å². The Morgan fingerprint density at radius 3 is 2.17 bits per heavy atom. The molecule has 0 aromatic heterocycles. The summed E-state index contributed by atoms with van der Waals surface area (Å²) in [5.41, 5.74) is 1.21. The van der Waals surface area contributed by atoms with Crippen LogP contribution in [0.3, 0.4) is 0 Å². The molecule has 11 atom stereocenters. The summed E-state index contributed by atoms with van der Waals surface area (Å²) in [6.45, 7) is 16.6. The molecule has 0 N–H and O–H groups in total. The molecule has 0 aromatic rings. The van der Waals surface area contributed by atoms with Gasteiger partial charge in [0, 0.05) is 25.4 Å². The lowest BCUT2D eigenvalue weighted by molar-refractivity contribution is -0.301. The van der Waals surface area contributed by atoms with Gasteiger partial charge < -0.3 is 14.2 Å². The predicted molar refractivity (Wildman–Crippen MR) is 135 cm³/mol. The van der Waals surface area contributed by atoms with Crippen molar-refractivity contribution in [1.29, 1.82) is 0 Å². The Balaban J connectivity index is 1.24. The zero-order chi connectivity index (χ0) is 25.0. The average Bonchev–Trinajstić information content (AvgIpc) is 3.62. The van der Waals surface area contributed by atoms with E-state index in [9.17, 15) is 4.79 Å². The molecular formula is C31H48O4. The smallest absolute Gasteiger partial charge is 0.197 e. The maximum absolute atomic E-state index is 12.9. The minimum absolute atomic E-state index is 0.0297. The third kappa shape index (κ3) is 2.46. The van der Waals surface area contributed by atoms with Crippen LogP contribution >= 0.6 is 0 Å². The van der Waals surface area contributed by atoms with Gasteiger partial charge in [-0.25, -0.2) is 0 Å². The second-order valence-electron chi connectivity index (χ2n) is 15.8. The standard InChI is InChI=1S/C31H48O4/c1-18-15-31(33-8,24-26(4,5)35-24)34-19-16-28(7)21-10-9-20-25(2,3)22(32)11-12-29(20)17-30(21,29)14-13-27(28,6)23(18)19/h18-21,23-24H,9-17H2,1-8H3/t18-,19+,20-,21+,23-,24-,27-,28+,29-,30+,31-/m1/s1. The maximum Gasteiger partial charge on any atom is 0.197 e. The van der Waals surface area contributed by atoms with Gasteiger partial charge in [-0.3, -0.25) is 4.79 Å². The van der Waals surface area contributed by atoms with Crippen molar-refractivity contribution in [2.45, 2.75) is 130 Å². The van der Waals surface area contributed by atoms with Crippen LogP contribution in [0.25, 0.3) is 0 Å². The van der Waals surface area contributed by atoms with Crippen LogP contribution in [0.5, 0.6) is 0 Å². The van der Waals surface area contributed by atoms with Gasteiger partial charge in [0.2, 0.25) is 0 Å². The van der Waals surface area contributed by atoms with E-state index in [1.54, 1.807) is 0 Å². The first-order chi connectivity index (χ1) is 16.2. The number of rotatable bonds is 2. The van der Waals surface area contributed by atoms with E-state index in [2.05, 4.69) is 48.5 Å². The number of hydrogen-bond donors (Lipinski definition) is 0. The van der Waals surface area contributed by atoms with Gasteiger partial charge >= 0.3 is 0 Å². The van der Waals surface area contributed by atoms with Gasteiger partial charge in [0.1, 0.15) is 11.9 Å². The summed E-state index contributed by atoms with van der Waals surface area (Å²) >= 11 is 0. The molecule has 7 aliphatic rings. The van der Waals surface area contributed by atoms with Gasteiger partial charge in [0.15, 0.2) is 5.79 Å². The van der Waals surface area contributed by atoms with Crippen LogP contribution in [0.2, 0.25) is 0 Å². The van der Waals surface area contributed by atoms with Crippen molar-refractivity contribution in [3.8, 4) is 0 Å². The lowest BCUT2D eigenvalue weighted by Gasteiger charge is -2.62. The third-order valence-corrected chi connectivity index (χ3v) is 14.2. The molecule has 2 heterocycles. The monoisotopic (exact) mass is 484 g/mol. The lowest BCUT2D eigenvalue weighted by Crippen LogP contribution is -2.58. The molecular weight excluding hydrogens is 436 g/mol. The predicted octanol–water partition coefficient (Wildman–Crippen LogP) is 6.55. The molecule has 5 aliphatic carbocycles. The lowest BCUT2D eigenvalue weighted by atomic mass is 9.42. The van der Waals surface area contributed by atoms with Gasteiger partial charge in [-0.05, 0) is 104 Å². The van der Waals surface area contributed by atoms with Gasteiger partial charge in [-0.15, -0.1) is 0 Å². The Bertz CT molecular complexity index is 986. The topological polar surface area (TPSA) is 48.1 Å². The minimum atomic E-state index is -0.603. The molecule has 2 aliphatic heterocycles. The van der Waals surface area contributed by atoms with Crippen LogP contribution in [0, 0.1) is 50.7 Å². The summed E-state index contributed by atoms with van der Waals surface area (Å²) in [6.07, 6.45) is 11.0. The molecule has 4 nitrogen and oxygen atoms in total. The van der Waals surface area contributed by atoms with E-state index in [0.717, 1.165) is 31.6 Å². The number of carbonyl (C=O) groups is 1. The van der Waals surface area contributed by atoms with Crippen molar-refractivity contribution >= 4 is 5.78 Å². The molecule has 0 amide bonds. The summed E-state index contributed by atoms with van der Waals surface area (Å²) in [6, 6.07) is 0. The number of Topliss-reactive ketones (excluding diaryl/α,β-unsaturated/α-hetero) is 1. The van der Waals surface area contributed by atoms with Crippen molar-refractivity contribution in [3.63, 3.8) is 0 Å².